The molecule has 30 heavy (non-hydrogen) atoms. The zero-order valence-corrected chi connectivity index (χ0v) is 18.1. The zero-order chi connectivity index (χ0) is 21.2. The molecule has 7 heteroatoms. The van der Waals surface area contributed by atoms with Gasteiger partial charge in [0, 0.05) is 39.3 Å². The minimum atomic E-state index is -0.218. The van der Waals surface area contributed by atoms with Crippen molar-refractivity contribution in [1.82, 2.24) is 10.2 Å². The maximum atomic E-state index is 11.3. The van der Waals surface area contributed by atoms with Gasteiger partial charge in [-0.05, 0) is 49.7 Å². The number of carbonyl (C=O) groups is 1. The number of rotatable bonds is 8. The Morgan fingerprint density at radius 3 is 2.67 bits per heavy atom. The summed E-state index contributed by atoms with van der Waals surface area (Å²) >= 11 is 0. The number of hydrogen-bond acceptors (Lipinski definition) is 4. The molecule has 1 aromatic carbocycles. The van der Waals surface area contributed by atoms with Crippen LogP contribution in [0.25, 0.3) is 0 Å². The van der Waals surface area contributed by atoms with Crippen LogP contribution in [0.4, 0.5) is 0 Å². The number of nitrogens with two attached hydrogens (primary N) is 1. The lowest BCUT2D eigenvalue weighted by Crippen LogP contribution is -2.47. The van der Waals surface area contributed by atoms with Gasteiger partial charge in [-0.25, -0.2) is 4.99 Å². The number of piperidine rings is 1. The lowest BCUT2D eigenvalue weighted by atomic mass is 9.95. The Hall–Kier alpha value is -2.12. The number of benzene rings is 1. The van der Waals surface area contributed by atoms with Crippen molar-refractivity contribution >= 4 is 11.9 Å². The average molecular weight is 417 g/mol. The third-order valence-electron chi connectivity index (χ3n) is 5.73. The normalized spacial score (nSPS) is 20.9. The van der Waals surface area contributed by atoms with Gasteiger partial charge < -0.3 is 25.4 Å². The molecule has 3 rings (SSSR count). The Morgan fingerprint density at radius 1 is 1.23 bits per heavy atom. The van der Waals surface area contributed by atoms with E-state index in [0.29, 0.717) is 31.6 Å². The molecule has 0 aromatic heterocycles. The van der Waals surface area contributed by atoms with Gasteiger partial charge in [-0.1, -0.05) is 24.3 Å². The molecule has 166 valence electrons. The van der Waals surface area contributed by atoms with Gasteiger partial charge in [-0.2, -0.15) is 0 Å². The lowest BCUT2D eigenvalue weighted by Gasteiger charge is -2.34. The Morgan fingerprint density at radius 2 is 1.97 bits per heavy atom. The van der Waals surface area contributed by atoms with Crippen LogP contribution in [-0.4, -0.2) is 55.7 Å². The highest BCUT2D eigenvalue weighted by Gasteiger charge is 2.23. The van der Waals surface area contributed by atoms with Crippen LogP contribution in [-0.2, 0) is 27.4 Å². The number of hydrogen-bond donors (Lipinski definition) is 2. The fourth-order valence-corrected chi connectivity index (χ4v) is 4.10. The molecule has 2 aliphatic heterocycles. The van der Waals surface area contributed by atoms with Gasteiger partial charge >= 0.3 is 0 Å². The lowest BCUT2D eigenvalue weighted by molar-refractivity contribution is -0.119. The largest absolute Gasteiger partial charge is 0.381 e. The number of nitrogens with zero attached hydrogens (tertiary/aromatic N) is 2. The van der Waals surface area contributed by atoms with Crippen LogP contribution < -0.4 is 11.1 Å². The van der Waals surface area contributed by atoms with Crippen LogP contribution >= 0.6 is 0 Å². The van der Waals surface area contributed by atoms with Crippen LogP contribution in [0.3, 0.4) is 0 Å². The number of nitrogens with one attached hydrogen (secondary N) is 1. The van der Waals surface area contributed by atoms with Crippen molar-refractivity contribution in [3.63, 3.8) is 0 Å². The first-order chi connectivity index (χ1) is 14.6. The predicted molar refractivity (Wildman–Crippen MR) is 118 cm³/mol. The van der Waals surface area contributed by atoms with Gasteiger partial charge in [-0.3, -0.25) is 4.79 Å². The fourth-order valence-electron chi connectivity index (χ4n) is 4.10. The van der Waals surface area contributed by atoms with Crippen molar-refractivity contribution in [3.05, 3.63) is 35.4 Å². The Labute approximate surface area is 180 Å². The van der Waals surface area contributed by atoms with Crippen molar-refractivity contribution in [2.45, 2.75) is 58.3 Å². The molecular formula is C23H36N4O3. The maximum Gasteiger partial charge on any atom is 0.217 e. The fraction of sp³-hybridized carbons (Fsp3) is 0.652. The first-order valence-corrected chi connectivity index (χ1v) is 11.2. The topological polar surface area (TPSA) is 89.2 Å². The van der Waals surface area contributed by atoms with E-state index >= 15 is 0 Å². The standard InChI is InChI=1S/C23H36N4O3/c1-2-25-23(27-11-3-4-20(16-27)14-22(24)28)26-15-18-5-7-19(8-6-18)17-30-21-9-12-29-13-10-21/h5-8,20-21H,2-4,9-17H2,1H3,(H2,24,28)(H,25,26). The number of aliphatic imine (C=N–C) groups is 1. The molecular weight excluding hydrogens is 380 g/mol. The summed E-state index contributed by atoms with van der Waals surface area (Å²) < 4.78 is 11.4. The van der Waals surface area contributed by atoms with Gasteiger partial charge in [0.15, 0.2) is 5.96 Å². The summed E-state index contributed by atoms with van der Waals surface area (Å²) in [5, 5.41) is 3.39. The molecule has 2 aliphatic rings. The summed E-state index contributed by atoms with van der Waals surface area (Å²) in [6.07, 6.45) is 4.84. The van der Waals surface area contributed by atoms with E-state index in [4.69, 9.17) is 20.2 Å². The van der Waals surface area contributed by atoms with Crippen molar-refractivity contribution in [3.8, 4) is 0 Å². The molecule has 1 aromatic rings. The van der Waals surface area contributed by atoms with Gasteiger partial charge in [0.25, 0.3) is 0 Å². The van der Waals surface area contributed by atoms with Crippen LogP contribution in [0.5, 0.6) is 0 Å². The molecule has 2 heterocycles. The molecule has 0 spiro atoms. The second-order valence-corrected chi connectivity index (χ2v) is 8.23. The van der Waals surface area contributed by atoms with Crippen LogP contribution in [0.1, 0.15) is 50.2 Å². The molecule has 0 aliphatic carbocycles. The Bertz CT molecular complexity index is 686. The molecule has 1 unspecified atom stereocenters. The summed E-state index contributed by atoms with van der Waals surface area (Å²) in [5.41, 5.74) is 7.76. The number of ether oxygens (including phenoxy) is 2. The van der Waals surface area contributed by atoms with E-state index in [0.717, 1.165) is 64.5 Å². The van der Waals surface area contributed by atoms with Crippen LogP contribution in [0.2, 0.25) is 0 Å². The second kappa shape index (κ2) is 11.9. The number of amides is 1. The highest BCUT2D eigenvalue weighted by Crippen LogP contribution is 2.20. The molecule has 0 saturated carbocycles. The monoisotopic (exact) mass is 416 g/mol. The predicted octanol–water partition coefficient (Wildman–Crippen LogP) is 2.44. The van der Waals surface area contributed by atoms with Gasteiger partial charge in [-0.15, -0.1) is 0 Å². The van der Waals surface area contributed by atoms with Crippen LogP contribution in [0, 0.1) is 5.92 Å². The first kappa shape index (κ1) is 22.6. The molecule has 2 saturated heterocycles. The molecule has 2 fully saturated rings. The number of likely N-dealkylation sites (tertiary alicyclic amines) is 1. The van der Waals surface area contributed by atoms with E-state index in [1.54, 1.807) is 0 Å². The number of primary amides is 1. The molecule has 0 bridgehead atoms. The van der Waals surface area contributed by atoms with Gasteiger partial charge in [0.1, 0.15) is 0 Å². The minimum Gasteiger partial charge on any atom is -0.381 e. The molecule has 3 N–H and O–H groups in total. The van der Waals surface area contributed by atoms with E-state index < -0.39 is 0 Å². The Balaban J connectivity index is 1.52. The maximum absolute atomic E-state index is 11.3. The summed E-state index contributed by atoms with van der Waals surface area (Å²) in [4.78, 5) is 18.4. The quantitative estimate of drug-likeness (QED) is 0.502. The van der Waals surface area contributed by atoms with Crippen LogP contribution in [0.15, 0.2) is 29.3 Å². The van der Waals surface area contributed by atoms with E-state index in [2.05, 4.69) is 41.4 Å². The summed E-state index contributed by atoms with van der Waals surface area (Å²) in [6.45, 7) is 7.56. The number of carbonyl (C=O) groups excluding carboxylic acids is 1. The summed E-state index contributed by atoms with van der Waals surface area (Å²) in [6, 6.07) is 8.51. The third kappa shape index (κ3) is 7.29. The highest BCUT2D eigenvalue weighted by atomic mass is 16.5. The van der Waals surface area contributed by atoms with Gasteiger partial charge in [0.2, 0.25) is 5.91 Å². The van der Waals surface area contributed by atoms with Crippen molar-refractivity contribution < 1.29 is 14.3 Å². The average Bonchev–Trinajstić information content (AvgIpc) is 2.76. The molecule has 1 amide bonds. The van der Waals surface area contributed by atoms with Crippen molar-refractivity contribution in [2.24, 2.45) is 16.6 Å². The second-order valence-electron chi connectivity index (χ2n) is 8.23. The molecule has 0 radical (unpaired) electrons. The molecule has 1 atom stereocenters. The highest BCUT2D eigenvalue weighted by molar-refractivity contribution is 5.80. The first-order valence-electron chi connectivity index (χ1n) is 11.2. The zero-order valence-electron chi connectivity index (χ0n) is 18.1. The van der Waals surface area contributed by atoms with E-state index in [1.807, 2.05) is 0 Å². The SMILES string of the molecule is CCNC(=NCc1ccc(COC2CCOCC2)cc1)N1CCCC(CC(N)=O)C1. The summed E-state index contributed by atoms with van der Waals surface area (Å²) in [7, 11) is 0. The van der Waals surface area contributed by atoms with E-state index in [-0.39, 0.29) is 5.91 Å². The van der Waals surface area contributed by atoms with E-state index in [9.17, 15) is 4.79 Å². The number of guanidine groups is 1. The minimum absolute atomic E-state index is 0.218. The summed E-state index contributed by atoms with van der Waals surface area (Å²) in [5.74, 6) is 1.01. The third-order valence-corrected chi connectivity index (χ3v) is 5.73. The van der Waals surface area contributed by atoms with Crippen molar-refractivity contribution in [1.29, 1.82) is 0 Å². The molecule has 7 nitrogen and oxygen atoms in total. The Kier molecular flexibility index (Phi) is 8.96. The van der Waals surface area contributed by atoms with E-state index in [1.165, 1.54) is 11.1 Å². The van der Waals surface area contributed by atoms with Crippen molar-refractivity contribution in [2.75, 3.05) is 32.8 Å². The van der Waals surface area contributed by atoms with Gasteiger partial charge in [0.05, 0.1) is 19.3 Å². The smallest absolute Gasteiger partial charge is 0.217 e.